The second-order valence-corrected chi connectivity index (χ2v) is 4.70. The van der Waals surface area contributed by atoms with E-state index in [0.29, 0.717) is 17.8 Å². The lowest BCUT2D eigenvalue weighted by Crippen LogP contribution is -1.96. The fourth-order valence-electron chi connectivity index (χ4n) is 1.62. The summed E-state index contributed by atoms with van der Waals surface area (Å²) in [7, 11) is 0. The number of aldehydes is 1. The van der Waals surface area contributed by atoms with Crippen molar-refractivity contribution in [3.8, 4) is 11.8 Å². The highest BCUT2D eigenvalue weighted by molar-refractivity contribution is 5.73. The average molecular weight is 256 g/mol. The summed E-state index contributed by atoms with van der Waals surface area (Å²) < 4.78 is 5.66. The van der Waals surface area contributed by atoms with Crippen molar-refractivity contribution in [3.63, 3.8) is 0 Å². The Bertz CT molecular complexity index is 577. The second kappa shape index (κ2) is 5.61. The number of hydrogen-bond donors (Lipinski definition) is 0. The number of benzene rings is 1. The molecule has 0 bridgehead atoms. The molecule has 1 aromatic heterocycles. The maximum atomic E-state index is 10.5. The molecule has 0 radical (unpaired) electrons. The summed E-state index contributed by atoms with van der Waals surface area (Å²) in [6.45, 7) is 6.23. The molecule has 0 fully saturated rings. The fraction of sp³-hybridized carbons (Fsp3) is 0.267. The van der Waals surface area contributed by atoms with Crippen LogP contribution in [0.3, 0.4) is 0 Å². The van der Waals surface area contributed by atoms with Gasteiger partial charge in [-0.15, -0.1) is 0 Å². The molecular weight excluding hydrogens is 240 g/mol. The minimum absolute atomic E-state index is 0.245. The fourth-order valence-corrected chi connectivity index (χ4v) is 1.62. The van der Waals surface area contributed by atoms with Gasteiger partial charge in [0.05, 0.1) is 5.56 Å². The van der Waals surface area contributed by atoms with Crippen molar-refractivity contribution in [2.75, 3.05) is 0 Å². The molecule has 0 atom stereocenters. The zero-order chi connectivity index (χ0) is 13.8. The Morgan fingerprint density at radius 3 is 2.47 bits per heavy atom. The molecule has 98 valence electrons. The third-order valence-electron chi connectivity index (χ3n) is 2.86. The van der Waals surface area contributed by atoms with E-state index in [1.165, 1.54) is 18.0 Å². The van der Waals surface area contributed by atoms with Crippen molar-refractivity contribution in [2.24, 2.45) is 0 Å². The molecule has 1 aromatic carbocycles. The largest absolute Gasteiger partial charge is 0.424 e. The Morgan fingerprint density at radius 2 is 1.89 bits per heavy atom. The van der Waals surface area contributed by atoms with E-state index in [-0.39, 0.29) is 6.01 Å². The SMILES string of the molecule is Cc1ccc(C(C)C)cc1Oc1ncc(C=O)cn1. The van der Waals surface area contributed by atoms with E-state index in [1.807, 2.05) is 19.1 Å². The van der Waals surface area contributed by atoms with Crippen LogP contribution in [0.15, 0.2) is 30.6 Å². The maximum absolute atomic E-state index is 10.5. The Hall–Kier alpha value is -2.23. The van der Waals surface area contributed by atoms with Crippen LogP contribution in [0.5, 0.6) is 11.8 Å². The first kappa shape index (κ1) is 13.2. The molecule has 2 rings (SSSR count). The van der Waals surface area contributed by atoms with Crippen LogP contribution in [0.2, 0.25) is 0 Å². The van der Waals surface area contributed by atoms with E-state index in [1.54, 1.807) is 0 Å². The number of hydrogen-bond acceptors (Lipinski definition) is 4. The van der Waals surface area contributed by atoms with Gasteiger partial charge in [0, 0.05) is 12.4 Å². The standard InChI is InChI=1S/C15H16N2O2/c1-10(2)13-5-4-11(3)14(6-13)19-15-16-7-12(9-18)8-17-15/h4-10H,1-3H3. The molecule has 0 N–H and O–H groups in total. The molecule has 2 aromatic rings. The Balaban J connectivity index is 2.26. The average Bonchev–Trinajstić information content (AvgIpc) is 2.42. The maximum Gasteiger partial charge on any atom is 0.321 e. The normalized spacial score (nSPS) is 10.5. The quantitative estimate of drug-likeness (QED) is 0.785. The second-order valence-electron chi connectivity index (χ2n) is 4.70. The molecule has 19 heavy (non-hydrogen) atoms. The van der Waals surface area contributed by atoms with Crippen LogP contribution in [0.25, 0.3) is 0 Å². The molecule has 0 aliphatic heterocycles. The summed E-state index contributed by atoms with van der Waals surface area (Å²) in [6.07, 6.45) is 3.59. The number of rotatable bonds is 4. The Morgan fingerprint density at radius 1 is 1.21 bits per heavy atom. The number of carbonyl (C=O) groups excluding carboxylic acids is 1. The third-order valence-corrected chi connectivity index (χ3v) is 2.86. The minimum atomic E-state index is 0.245. The lowest BCUT2D eigenvalue weighted by atomic mass is 10.0. The van der Waals surface area contributed by atoms with E-state index < -0.39 is 0 Å². The monoisotopic (exact) mass is 256 g/mol. The van der Waals surface area contributed by atoms with Gasteiger partial charge in [0.25, 0.3) is 0 Å². The first-order chi connectivity index (χ1) is 9.10. The highest BCUT2D eigenvalue weighted by Crippen LogP contribution is 2.26. The van der Waals surface area contributed by atoms with E-state index in [2.05, 4.69) is 29.9 Å². The summed E-state index contributed by atoms with van der Waals surface area (Å²) in [5.41, 5.74) is 2.65. The van der Waals surface area contributed by atoms with Gasteiger partial charge in [-0.2, -0.15) is 0 Å². The van der Waals surface area contributed by atoms with E-state index in [9.17, 15) is 4.79 Å². The van der Waals surface area contributed by atoms with Gasteiger partial charge in [0.2, 0.25) is 0 Å². The highest BCUT2D eigenvalue weighted by Gasteiger charge is 2.07. The van der Waals surface area contributed by atoms with Gasteiger partial charge in [-0.25, -0.2) is 9.97 Å². The van der Waals surface area contributed by atoms with Crippen molar-refractivity contribution in [2.45, 2.75) is 26.7 Å². The number of aryl methyl sites for hydroxylation is 1. The van der Waals surface area contributed by atoms with E-state index >= 15 is 0 Å². The predicted molar refractivity (Wildman–Crippen MR) is 72.8 cm³/mol. The molecule has 0 unspecified atom stereocenters. The molecule has 4 heteroatoms. The van der Waals surface area contributed by atoms with Crippen LogP contribution in [0.1, 0.15) is 41.3 Å². The number of aromatic nitrogens is 2. The van der Waals surface area contributed by atoms with Crippen LogP contribution in [0.4, 0.5) is 0 Å². The minimum Gasteiger partial charge on any atom is -0.424 e. The Kier molecular flexibility index (Phi) is 3.90. The van der Waals surface area contributed by atoms with Crippen LogP contribution < -0.4 is 4.74 Å². The molecule has 1 heterocycles. The molecule has 0 amide bonds. The lowest BCUT2D eigenvalue weighted by Gasteiger charge is -2.11. The van der Waals surface area contributed by atoms with Crippen LogP contribution in [-0.2, 0) is 0 Å². The number of nitrogens with zero attached hydrogens (tertiary/aromatic N) is 2. The van der Waals surface area contributed by atoms with Crippen LogP contribution in [-0.4, -0.2) is 16.3 Å². The zero-order valence-electron chi connectivity index (χ0n) is 11.3. The van der Waals surface area contributed by atoms with E-state index in [4.69, 9.17) is 4.74 Å². The van der Waals surface area contributed by atoms with Gasteiger partial charge >= 0.3 is 6.01 Å². The Labute approximate surface area is 112 Å². The molecular formula is C15H16N2O2. The van der Waals surface area contributed by atoms with Gasteiger partial charge < -0.3 is 4.74 Å². The molecule has 0 saturated carbocycles. The molecule has 4 nitrogen and oxygen atoms in total. The van der Waals surface area contributed by atoms with Gasteiger partial charge in [-0.1, -0.05) is 26.0 Å². The summed E-state index contributed by atoms with van der Waals surface area (Å²) >= 11 is 0. The summed E-state index contributed by atoms with van der Waals surface area (Å²) in [4.78, 5) is 18.5. The van der Waals surface area contributed by atoms with Gasteiger partial charge in [0.1, 0.15) is 5.75 Å². The zero-order valence-corrected chi connectivity index (χ0v) is 11.3. The molecule has 0 aliphatic rings. The van der Waals surface area contributed by atoms with Crippen molar-refractivity contribution in [3.05, 3.63) is 47.3 Å². The predicted octanol–water partition coefficient (Wildman–Crippen LogP) is 3.51. The van der Waals surface area contributed by atoms with Gasteiger partial charge in [-0.3, -0.25) is 4.79 Å². The number of ether oxygens (including phenoxy) is 1. The first-order valence-electron chi connectivity index (χ1n) is 6.15. The highest BCUT2D eigenvalue weighted by atomic mass is 16.5. The van der Waals surface area contributed by atoms with Crippen molar-refractivity contribution in [1.82, 2.24) is 9.97 Å². The van der Waals surface area contributed by atoms with Crippen LogP contribution >= 0.6 is 0 Å². The molecule has 0 aliphatic carbocycles. The smallest absolute Gasteiger partial charge is 0.321 e. The van der Waals surface area contributed by atoms with Crippen LogP contribution in [0, 0.1) is 6.92 Å². The first-order valence-corrected chi connectivity index (χ1v) is 6.15. The molecule has 0 saturated heterocycles. The van der Waals surface area contributed by atoms with Gasteiger partial charge in [0.15, 0.2) is 6.29 Å². The lowest BCUT2D eigenvalue weighted by molar-refractivity contribution is 0.112. The van der Waals surface area contributed by atoms with Gasteiger partial charge in [-0.05, 0) is 30.0 Å². The van der Waals surface area contributed by atoms with Crippen molar-refractivity contribution < 1.29 is 9.53 Å². The topological polar surface area (TPSA) is 52.1 Å². The summed E-state index contributed by atoms with van der Waals surface area (Å²) in [5.74, 6) is 1.17. The van der Waals surface area contributed by atoms with Crippen molar-refractivity contribution in [1.29, 1.82) is 0 Å². The number of carbonyl (C=O) groups is 1. The van der Waals surface area contributed by atoms with E-state index in [0.717, 1.165) is 11.3 Å². The van der Waals surface area contributed by atoms with Crippen molar-refractivity contribution >= 4 is 6.29 Å². The summed E-state index contributed by atoms with van der Waals surface area (Å²) in [5, 5.41) is 0. The third kappa shape index (κ3) is 3.16. The molecule has 0 spiro atoms. The summed E-state index contributed by atoms with van der Waals surface area (Å²) in [6, 6.07) is 6.35.